The maximum atomic E-state index is 12.0. The predicted molar refractivity (Wildman–Crippen MR) is 57.8 cm³/mol. The van der Waals surface area contributed by atoms with Gasteiger partial charge in [0.25, 0.3) is 0 Å². The highest BCUT2D eigenvalue weighted by Gasteiger charge is 2.57. The first kappa shape index (κ1) is 11.9. The van der Waals surface area contributed by atoms with E-state index >= 15 is 0 Å². The number of esters is 1. The molecule has 4 heteroatoms. The highest BCUT2D eigenvalue weighted by Crippen LogP contribution is 2.50. The van der Waals surface area contributed by atoms with Crippen molar-refractivity contribution in [2.24, 2.45) is 5.41 Å². The van der Waals surface area contributed by atoms with E-state index in [0.717, 1.165) is 19.3 Å². The van der Waals surface area contributed by atoms with Crippen molar-refractivity contribution in [3.63, 3.8) is 0 Å². The van der Waals surface area contributed by atoms with Gasteiger partial charge in [0.2, 0.25) is 0 Å². The highest BCUT2D eigenvalue weighted by molar-refractivity contribution is 5.78. The van der Waals surface area contributed by atoms with Crippen molar-refractivity contribution in [2.45, 2.75) is 51.9 Å². The SMILES string of the molecule is CCOC(=O)[C@]12CCC[C@H]1OC(OCC)C2. The first-order valence-electron chi connectivity index (χ1n) is 6.17. The summed E-state index contributed by atoms with van der Waals surface area (Å²) in [5.41, 5.74) is -0.421. The lowest BCUT2D eigenvalue weighted by molar-refractivity contribution is -0.158. The van der Waals surface area contributed by atoms with E-state index in [1.54, 1.807) is 0 Å². The lowest BCUT2D eigenvalue weighted by atomic mass is 9.82. The molecule has 1 aliphatic carbocycles. The molecule has 0 amide bonds. The summed E-state index contributed by atoms with van der Waals surface area (Å²) in [5, 5.41) is 0. The van der Waals surface area contributed by atoms with Gasteiger partial charge in [-0.3, -0.25) is 4.79 Å². The summed E-state index contributed by atoms with van der Waals surface area (Å²) in [7, 11) is 0. The first-order chi connectivity index (χ1) is 7.73. The zero-order valence-electron chi connectivity index (χ0n) is 10.0. The maximum absolute atomic E-state index is 12.0. The van der Waals surface area contributed by atoms with Crippen LogP contribution in [0.1, 0.15) is 39.5 Å². The summed E-state index contributed by atoms with van der Waals surface area (Å²) in [6.45, 7) is 4.84. The highest BCUT2D eigenvalue weighted by atomic mass is 16.7. The third-order valence-electron chi connectivity index (χ3n) is 3.59. The standard InChI is InChI=1S/C12H20O4/c1-3-14-10-8-12(11(13)15-4-2)7-5-6-9(12)16-10/h9-10H,3-8H2,1-2H3/t9-,10?,12+/m1/s1. The predicted octanol–water partition coefficient (Wildman–Crippen LogP) is 1.87. The van der Waals surface area contributed by atoms with Crippen molar-refractivity contribution in [3.8, 4) is 0 Å². The van der Waals surface area contributed by atoms with Gasteiger partial charge in [0.05, 0.1) is 18.1 Å². The number of ether oxygens (including phenoxy) is 3. The van der Waals surface area contributed by atoms with Crippen LogP contribution in [0.25, 0.3) is 0 Å². The van der Waals surface area contributed by atoms with Crippen molar-refractivity contribution in [1.29, 1.82) is 0 Å². The van der Waals surface area contributed by atoms with Crippen LogP contribution in [0.15, 0.2) is 0 Å². The topological polar surface area (TPSA) is 44.8 Å². The number of fused-ring (bicyclic) bond motifs is 1. The summed E-state index contributed by atoms with van der Waals surface area (Å²) < 4.78 is 16.4. The van der Waals surface area contributed by atoms with Gasteiger partial charge in [-0.05, 0) is 33.1 Å². The van der Waals surface area contributed by atoms with E-state index in [9.17, 15) is 4.79 Å². The van der Waals surface area contributed by atoms with Gasteiger partial charge in [0.1, 0.15) is 0 Å². The third-order valence-corrected chi connectivity index (χ3v) is 3.59. The van der Waals surface area contributed by atoms with E-state index in [4.69, 9.17) is 14.2 Å². The molecule has 3 atom stereocenters. The monoisotopic (exact) mass is 228 g/mol. The van der Waals surface area contributed by atoms with E-state index in [0.29, 0.717) is 19.6 Å². The van der Waals surface area contributed by atoms with Crippen LogP contribution in [-0.4, -0.2) is 31.6 Å². The van der Waals surface area contributed by atoms with Crippen LogP contribution in [0.2, 0.25) is 0 Å². The number of carbonyl (C=O) groups is 1. The van der Waals surface area contributed by atoms with Gasteiger partial charge in [0.15, 0.2) is 6.29 Å². The second kappa shape index (κ2) is 4.72. The van der Waals surface area contributed by atoms with Crippen molar-refractivity contribution < 1.29 is 19.0 Å². The summed E-state index contributed by atoms with van der Waals surface area (Å²) in [4.78, 5) is 12.0. The van der Waals surface area contributed by atoms with Crippen LogP contribution >= 0.6 is 0 Å². The second-order valence-electron chi connectivity index (χ2n) is 4.48. The molecule has 0 bridgehead atoms. The summed E-state index contributed by atoms with van der Waals surface area (Å²) in [5.74, 6) is -0.0975. The Morgan fingerprint density at radius 1 is 1.44 bits per heavy atom. The number of carbonyl (C=O) groups excluding carboxylic acids is 1. The fourth-order valence-electron chi connectivity index (χ4n) is 2.88. The quantitative estimate of drug-likeness (QED) is 0.689. The van der Waals surface area contributed by atoms with Crippen LogP contribution in [0.4, 0.5) is 0 Å². The smallest absolute Gasteiger partial charge is 0.314 e. The normalized spacial score (nSPS) is 37.4. The molecular formula is C12H20O4. The van der Waals surface area contributed by atoms with Gasteiger partial charge in [-0.2, -0.15) is 0 Å². The molecule has 0 spiro atoms. The van der Waals surface area contributed by atoms with Crippen LogP contribution in [-0.2, 0) is 19.0 Å². The Morgan fingerprint density at radius 2 is 2.25 bits per heavy atom. The Bertz CT molecular complexity index is 266. The van der Waals surface area contributed by atoms with Gasteiger partial charge >= 0.3 is 5.97 Å². The van der Waals surface area contributed by atoms with E-state index in [-0.39, 0.29) is 18.4 Å². The minimum absolute atomic E-state index is 0.00287. The minimum Gasteiger partial charge on any atom is -0.465 e. The van der Waals surface area contributed by atoms with Crippen LogP contribution < -0.4 is 0 Å². The Morgan fingerprint density at radius 3 is 2.94 bits per heavy atom. The molecule has 1 unspecified atom stereocenters. The molecule has 0 N–H and O–H groups in total. The number of hydrogen-bond acceptors (Lipinski definition) is 4. The third kappa shape index (κ3) is 1.84. The molecule has 0 radical (unpaired) electrons. The van der Waals surface area contributed by atoms with Crippen molar-refractivity contribution in [2.75, 3.05) is 13.2 Å². The average molecular weight is 228 g/mol. The Balaban J connectivity index is 2.08. The Kier molecular flexibility index (Phi) is 3.50. The van der Waals surface area contributed by atoms with Gasteiger partial charge in [-0.15, -0.1) is 0 Å². The van der Waals surface area contributed by atoms with Crippen molar-refractivity contribution >= 4 is 5.97 Å². The second-order valence-corrected chi connectivity index (χ2v) is 4.48. The summed E-state index contributed by atoms with van der Waals surface area (Å²) in [6, 6.07) is 0. The van der Waals surface area contributed by atoms with Gasteiger partial charge in [-0.25, -0.2) is 0 Å². The molecular weight excluding hydrogens is 208 g/mol. The number of rotatable bonds is 4. The molecule has 2 aliphatic rings. The van der Waals surface area contributed by atoms with Gasteiger partial charge in [0, 0.05) is 13.0 Å². The molecule has 2 fully saturated rings. The molecule has 1 saturated carbocycles. The van der Waals surface area contributed by atoms with Crippen molar-refractivity contribution in [1.82, 2.24) is 0 Å². The van der Waals surface area contributed by atoms with Crippen LogP contribution in [0, 0.1) is 5.41 Å². The lowest BCUT2D eigenvalue weighted by Crippen LogP contribution is -2.36. The van der Waals surface area contributed by atoms with Gasteiger partial charge in [-0.1, -0.05) is 0 Å². The molecule has 4 nitrogen and oxygen atoms in total. The Hall–Kier alpha value is -0.610. The first-order valence-corrected chi connectivity index (χ1v) is 6.17. The van der Waals surface area contributed by atoms with Crippen LogP contribution in [0.3, 0.4) is 0 Å². The number of hydrogen-bond donors (Lipinski definition) is 0. The maximum Gasteiger partial charge on any atom is 0.314 e. The van der Waals surface area contributed by atoms with Crippen LogP contribution in [0.5, 0.6) is 0 Å². The van der Waals surface area contributed by atoms with Crippen molar-refractivity contribution in [3.05, 3.63) is 0 Å². The molecule has 1 heterocycles. The molecule has 92 valence electrons. The van der Waals surface area contributed by atoms with E-state index in [1.807, 2.05) is 13.8 Å². The molecule has 0 aromatic heterocycles. The molecule has 0 aromatic carbocycles. The molecule has 1 saturated heterocycles. The minimum atomic E-state index is -0.421. The molecule has 0 aromatic rings. The largest absolute Gasteiger partial charge is 0.465 e. The van der Waals surface area contributed by atoms with Gasteiger partial charge < -0.3 is 14.2 Å². The fourth-order valence-corrected chi connectivity index (χ4v) is 2.88. The lowest BCUT2D eigenvalue weighted by Gasteiger charge is -2.24. The zero-order valence-corrected chi connectivity index (χ0v) is 10.0. The summed E-state index contributed by atoms with van der Waals surface area (Å²) >= 11 is 0. The summed E-state index contributed by atoms with van der Waals surface area (Å²) in [6.07, 6.45) is 3.30. The molecule has 1 aliphatic heterocycles. The van der Waals surface area contributed by atoms with E-state index in [1.165, 1.54) is 0 Å². The Labute approximate surface area is 96.2 Å². The van der Waals surface area contributed by atoms with E-state index in [2.05, 4.69) is 0 Å². The zero-order chi connectivity index (χ0) is 11.6. The van der Waals surface area contributed by atoms with E-state index < -0.39 is 5.41 Å². The molecule has 16 heavy (non-hydrogen) atoms. The molecule has 2 rings (SSSR count). The fraction of sp³-hybridized carbons (Fsp3) is 0.917. The average Bonchev–Trinajstić information content (AvgIpc) is 2.75.